The van der Waals surface area contributed by atoms with Gasteiger partial charge < -0.3 is 9.47 Å². The van der Waals surface area contributed by atoms with Gasteiger partial charge in [0.15, 0.2) is 0 Å². The van der Waals surface area contributed by atoms with Crippen LogP contribution in [-0.4, -0.2) is 29.6 Å². The molecular formula is C24H15ClF6N2O6S3. The third kappa shape index (κ3) is 8.21. The topological polar surface area (TPSA) is 111 Å². The van der Waals surface area contributed by atoms with E-state index in [-0.39, 0.29) is 25.5 Å². The van der Waals surface area contributed by atoms with E-state index in [2.05, 4.69) is 18.9 Å². The predicted molar refractivity (Wildman–Crippen MR) is 143 cm³/mol. The Morgan fingerprint density at radius 3 is 1.62 bits per heavy atom. The minimum absolute atomic E-state index is 0.169. The highest BCUT2D eigenvalue weighted by Crippen LogP contribution is 2.35. The lowest BCUT2D eigenvalue weighted by molar-refractivity contribution is -0.275. The fraction of sp³-hybridized carbons (Fsp3) is 0.0833. The Labute approximate surface area is 243 Å². The van der Waals surface area contributed by atoms with Crippen LogP contribution in [0, 0.1) is 0 Å². The van der Waals surface area contributed by atoms with Crippen molar-refractivity contribution in [2.75, 3.05) is 9.44 Å². The molecule has 0 atom stereocenters. The van der Waals surface area contributed by atoms with E-state index < -0.39 is 49.2 Å². The van der Waals surface area contributed by atoms with Crippen LogP contribution in [-0.2, 0) is 20.0 Å². The molecule has 0 aliphatic carbocycles. The SMILES string of the molecule is O=S(=O)(Nc1cc(-c2ccc(OC(F)(F)F)cc2)ccc1NS(=O)(=O)c1ccc(Cl)s1)c1ccc(OC(F)(F)F)cc1. The number of sulfonamides is 2. The smallest absolute Gasteiger partial charge is 0.406 e. The number of anilines is 2. The number of hydrogen-bond donors (Lipinski definition) is 2. The second-order valence-electron chi connectivity index (χ2n) is 8.12. The molecule has 0 spiro atoms. The van der Waals surface area contributed by atoms with Crippen molar-refractivity contribution in [2.24, 2.45) is 0 Å². The third-order valence-electron chi connectivity index (χ3n) is 5.11. The van der Waals surface area contributed by atoms with Gasteiger partial charge in [-0.25, -0.2) is 16.8 Å². The zero-order chi connectivity index (χ0) is 30.9. The van der Waals surface area contributed by atoms with Gasteiger partial charge in [-0.3, -0.25) is 9.44 Å². The van der Waals surface area contributed by atoms with Gasteiger partial charge in [-0.2, -0.15) is 0 Å². The molecule has 18 heteroatoms. The predicted octanol–water partition coefficient (Wildman–Crippen LogP) is 7.47. The maximum atomic E-state index is 13.1. The molecule has 0 saturated heterocycles. The van der Waals surface area contributed by atoms with Gasteiger partial charge in [0.2, 0.25) is 0 Å². The van der Waals surface area contributed by atoms with E-state index in [9.17, 15) is 43.2 Å². The maximum absolute atomic E-state index is 13.1. The minimum atomic E-state index is -5.00. The third-order valence-corrected chi connectivity index (χ3v) is 9.58. The molecule has 4 rings (SSSR count). The maximum Gasteiger partial charge on any atom is 0.573 e. The summed E-state index contributed by atoms with van der Waals surface area (Å²) in [6.07, 6.45) is -9.93. The average molecular weight is 673 g/mol. The molecule has 2 N–H and O–H groups in total. The first-order valence-electron chi connectivity index (χ1n) is 11.1. The Morgan fingerprint density at radius 1 is 0.619 bits per heavy atom. The zero-order valence-electron chi connectivity index (χ0n) is 20.3. The number of benzene rings is 3. The Morgan fingerprint density at radius 2 is 1.12 bits per heavy atom. The summed E-state index contributed by atoms with van der Waals surface area (Å²) < 4.78 is 139. The summed E-state index contributed by atoms with van der Waals surface area (Å²) in [7, 11) is -8.78. The molecule has 4 aromatic rings. The molecule has 1 heterocycles. The van der Waals surface area contributed by atoms with Crippen molar-refractivity contribution in [1.29, 1.82) is 0 Å². The lowest BCUT2D eigenvalue weighted by Crippen LogP contribution is -2.18. The number of ether oxygens (including phenoxy) is 2. The Hall–Kier alpha value is -3.67. The average Bonchev–Trinajstić information content (AvgIpc) is 3.31. The lowest BCUT2D eigenvalue weighted by Gasteiger charge is -2.16. The lowest BCUT2D eigenvalue weighted by atomic mass is 10.0. The molecule has 0 bridgehead atoms. The van der Waals surface area contributed by atoms with E-state index in [0.29, 0.717) is 5.56 Å². The van der Waals surface area contributed by atoms with E-state index in [1.54, 1.807) is 0 Å². The van der Waals surface area contributed by atoms with E-state index in [1.165, 1.54) is 42.5 Å². The van der Waals surface area contributed by atoms with E-state index >= 15 is 0 Å². The molecule has 42 heavy (non-hydrogen) atoms. The number of nitrogens with one attached hydrogen (secondary N) is 2. The number of thiophene rings is 1. The van der Waals surface area contributed by atoms with Crippen LogP contribution < -0.4 is 18.9 Å². The summed E-state index contributed by atoms with van der Waals surface area (Å²) >= 11 is 6.56. The van der Waals surface area contributed by atoms with E-state index in [1.807, 2.05) is 0 Å². The van der Waals surface area contributed by atoms with Crippen molar-refractivity contribution in [3.63, 3.8) is 0 Å². The molecule has 0 amide bonds. The van der Waals surface area contributed by atoms with Crippen LogP contribution >= 0.6 is 22.9 Å². The van der Waals surface area contributed by atoms with Crippen LogP contribution in [0.2, 0.25) is 4.34 Å². The highest BCUT2D eigenvalue weighted by molar-refractivity contribution is 7.94. The molecule has 0 aliphatic rings. The van der Waals surface area contributed by atoms with Gasteiger partial charge in [0.05, 0.1) is 20.6 Å². The minimum Gasteiger partial charge on any atom is -0.406 e. The fourth-order valence-electron chi connectivity index (χ4n) is 3.41. The van der Waals surface area contributed by atoms with Gasteiger partial charge in [-0.05, 0) is 71.8 Å². The first kappa shape index (κ1) is 31.3. The standard InChI is InChI=1S/C24H15ClF6N2O6S3/c25-21-11-12-22(40-21)42(36,37)32-19-10-3-15(14-1-4-16(5-2-14)38-23(26,27)28)13-20(19)33-41(34,35)18-8-6-17(7-9-18)39-24(29,30)31/h1-13,32-33H. The van der Waals surface area contributed by atoms with Gasteiger partial charge in [0.25, 0.3) is 20.0 Å². The summed E-state index contributed by atoms with van der Waals surface area (Å²) in [5, 5.41) is 0. The molecule has 1 aromatic heterocycles. The highest BCUT2D eigenvalue weighted by Gasteiger charge is 2.32. The molecule has 0 unspecified atom stereocenters. The van der Waals surface area contributed by atoms with Gasteiger partial charge in [-0.1, -0.05) is 29.8 Å². The molecule has 224 valence electrons. The summed E-state index contributed by atoms with van der Waals surface area (Å²) in [4.78, 5) is -0.491. The van der Waals surface area contributed by atoms with Gasteiger partial charge in [0.1, 0.15) is 15.7 Å². The van der Waals surface area contributed by atoms with Crippen molar-refractivity contribution in [1.82, 2.24) is 0 Å². The van der Waals surface area contributed by atoms with Crippen molar-refractivity contribution < 1.29 is 52.7 Å². The van der Waals surface area contributed by atoms with Crippen LogP contribution in [0.3, 0.4) is 0 Å². The normalized spacial score (nSPS) is 12.5. The molecule has 0 fully saturated rings. The first-order chi connectivity index (χ1) is 19.4. The molecule has 3 aromatic carbocycles. The highest BCUT2D eigenvalue weighted by atomic mass is 35.5. The summed E-state index contributed by atoms with van der Waals surface area (Å²) in [5.41, 5.74) is -0.00812. The summed E-state index contributed by atoms with van der Waals surface area (Å²) in [5.74, 6) is -1.19. The van der Waals surface area contributed by atoms with Crippen molar-refractivity contribution in [2.45, 2.75) is 21.8 Å². The van der Waals surface area contributed by atoms with Gasteiger partial charge >= 0.3 is 12.7 Å². The van der Waals surface area contributed by atoms with Crippen molar-refractivity contribution >= 4 is 54.4 Å². The number of rotatable bonds is 9. The number of alkyl halides is 6. The second-order valence-corrected chi connectivity index (χ2v) is 13.4. The fourth-order valence-corrected chi connectivity index (χ4v) is 7.04. The van der Waals surface area contributed by atoms with Gasteiger partial charge in [0, 0.05) is 0 Å². The van der Waals surface area contributed by atoms with Crippen LogP contribution in [0.4, 0.5) is 37.7 Å². The number of hydrogen-bond acceptors (Lipinski definition) is 7. The summed E-state index contributed by atoms with van der Waals surface area (Å²) in [6.45, 7) is 0. The van der Waals surface area contributed by atoms with E-state index in [0.717, 1.165) is 47.7 Å². The second kappa shape index (κ2) is 11.5. The van der Waals surface area contributed by atoms with Crippen LogP contribution in [0.15, 0.2) is 88.0 Å². The van der Waals surface area contributed by atoms with Gasteiger partial charge in [-0.15, -0.1) is 37.7 Å². The molecular weight excluding hydrogens is 658 g/mol. The largest absolute Gasteiger partial charge is 0.573 e. The molecule has 8 nitrogen and oxygen atoms in total. The van der Waals surface area contributed by atoms with Crippen molar-refractivity contribution in [3.8, 4) is 22.6 Å². The monoisotopic (exact) mass is 672 g/mol. The molecule has 0 radical (unpaired) electrons. The Balaban J connectivity index is 1.71. The van der Waals surface area contributed by atoms with Crippen LogP contribution in [0.5, 0.6) is 11.5 Å². The van der Waals surface area contributed by atoms with E-state index in [4.69, 9.17) is 11.6 Å². The summed E-state index contributed by atoms with van der Waals surface area (Å²) in [6, 6.07) is 14.1. The first-order valence-corrected chi connectivity index (χ1v) is 15.2. The van der Waals surface area contributed by atoms with Crippen LogP contribution in [0.1, 0.15) is 0 Å². The molecule has 0 saturated carbocycles. The molecule has 0 aliphatic heterocycles. The van der Waals surface area contributed by atoms with Crippen molar-refractivity contribution in [3.05, 3.63) is 83.2 Å². The quantitative estimate of drug-likeness (QED) is 0.179. The van der Waals surface area contributed by atoms with Crippen LogP contribution in [0.25, 0.3) is 11.1 Å². The Kier molecular flexibility index (Phi) is 8.59. The zero-order valence-corrected chi connectivity index (χ0v) is 23.5. The Bertz CT molecular complexity index is 1790. The number of halogens is 7.